The van der Waals surface area contributed by atoms with E-state index in [1.165, 1.54) is 4.90 Å². The SMILES string of the molecule is COc1ccc([C@@H]2C=C3c4ccc5ccccc5c4OC(=O)[C@@H]3[C@@H]3C(=O)N(c4ccc(C)cc4C)C(=O)[C@H]32)cc1. The zero-order valence-electron chi connectivity index (χ0n) is 22.4. The van der Waals surface area contributed by atoms with Gasteiger partial charge < -0.3 is 9.47 Å². The number of allylic oxidation sites excluding steroid dienone is 1. The predicted octanol–water partition coefficient (Wildman–Crippen LogP) is 5.99. The first kappa shape index (κ1) is 24.3. The molecule has 2 amide bonds. The Morgan fingerprint density at radius 2 is 1.57 bits per heavy atom. The number of amides is 2. The molecule has 3 aliphatic rings. The molecule has 4 atom stereocenters. The number of aryl methyl sites for hydroxylation is 2. The van der Waals surface area contributed by atoms with Crippen LogP contribution in [0.4, 0.5) is 5.69 Å². The summed E-state index contributed by atoms with van der Waals surface area (Å²) >= 11 is 0. The summed E-state index contributed by atoms with van der Waals surface area (Å²) < 4.78 is 11.3. The van der Waals surface area contributed by atoms with E-state index in [-0.39, 0.29) is 11.8 Å². The standard InChI is InChI=1S/C34H27NO5/c1-18-8-15-27(19(2)16-18)35-32(36)28-25(21-9-12-22(39-3)13-10-21)17-26-24-14-11-20-6-4-5-7-23(20)31(24)40-34(38)29(26)30(28)33(35)37/h4-17,25,28-30H,1-3H3/t25-,28-,29-,30+/m0/s1. The van der Waals surface area contributed by atoms with Gasteiger partial charge in [0, 0.05) is 16.9 Å². The molecular formula is C34H27NO5. The maximum absolute atomic E-state index is 14.2. The normalized spacial score (nSPS) is 23.3. The monoisotopic (exact) mass is 529 g/mol. The van der Waals surface area contributed by atoms with Gasteiger partial charge in [-0.2, -0.15) is 0 Å². The predicted molar refractivity (Wildman–Crippen MR) is 152 cm³/mol. The van der Waals surface area contributed by atoms with Crippen molar-refractivity contribution in [3.63, 3.8) is 0 Å². The van der Waals surface area contributed by atoms with E-state index >= 15 is 0 Å². The van der Waals surface area contributed by atoms with E-state index in [0.717, 1.165) is 38.6 Å². The molecule has 4 aromatic carbocycles. The van der Waals surface area contributed by atoms with Gasteiger partial charge in [-0.15, -0.1) is 0 Å². The molecule has 40 heavy (non-hydrogen) atoms. The highest BCUT2D eigenvalue weighted by molar-refractivity contribution is 6.25. The number of carbonyl (C=O) groups is 3. The average molecular weight is 530 g/mol. The lowest BCUT2D eigenvalue weighted by Crippen LogP contribution is -2.42. The third-order valence-corrected chi connectivity index (χ3v) is 8.58. The van der Waals surface area contributed by atoms with E-state index in [1.54, 1.807) is 7.11 Å². The molecule has 6 nitrogen and oxygen atoms in total. The molecule has 1 saturated heterocycles. The molecule has 0 saturated carbocycles. The largest absolute Gasteiger partial charge is 0.497 e. The summed E-state index contributed by atoms with van der Waals surface area (Å²) in [6.45, 7) is 3.87. The lowest BCUT2D eigenvalue weighted by Gasteiger charge is -2.38. The van der Waals surface area contributed by atoms with E-state index in [1.807, 2.05) is 98.8 Å². The van der Waals surface area contributed by atoms with Gasteiger partial charge in [-0.05, 0) is 54.1 Å². The summed E-state index contributed by atoms with van der Waals surface area (Å²) in [5, 5.41) is 1.79. The molecule has 0 radical (unpaired) electrons. The molecule has 198 valence electrons. The first-order valence-electron chi connectivity index (χ1n) is 13.4. The Morgan fingerprint density at radius 1 is 0.825 bits per heavy atom. The zero-order valence-corrected chi connectivity index (χ0v) is 22.4. The summed E-state index contributed by atoms with van der Waals surface area (Å²) in [5.41, 5.74) is 4.83. The molecule has 1 aliphatic carbocycles. The first-order chi connectivity index (χ1) is 19.4. The lowest BCUT2D eigenvalue weighted by molar-refractivity contribution is -0.142. The average Bonchev–Trinajstić information content (AvgIpc) is 3.22. The molecule has 0 bridgehead atoms. The summed E-state index contributed by atoms with van der Waals surface area (Å²) in [6, 6.07) is 25.0. The van der Waals surface area contributed by atoms with Gasteiger partial charge in [-0.1, -0.05) is 72.3 Å². The van der Waals surface area contributed by atoms with Crippen molar-refractivity contribution in [3.8, 4) is 11.5 Å². The van der Waals surface area contributed by atoms with E-state index in [4.69, 9.17) is 9.47 Å². The number of imide groups is 1. The maximum Gasteiger partial charge on any atom is 0.319 e. The zero-order chi connectivity index (χ0) is 27.7. The van der Waals surface area contributed by atoms with Crippen molar-refractivity contribution in [3.05, 3.63) is 107 Å². The van der Waals surface area contributed by atoms with Gasteiger partial charge in [0.15, 0.2) is 0 Å². The number of nitrogens with zero attached hydrogens (tertiary/aromatic N) is 1. The maximum atomic E-state index is 14.2. The Morgan fingerprint density at radius 3 is 2.33 bits per heavy atom. The highest BCUT2D eigenvalue weighted by atomic mass is 16.5. The van der Waals surface area contributed by atoms with Crippen molar-refractivity contribution in [1.82, 2.24) is 0 Å². The second-order valence-corrected chi connectivity index (χ2v) is 10.8. The van der Waals surface area contributed by atoms with Crippen LogP contribution in [0.2, 0.25) is 0 Å². The first-order valence-corrected chi connectivity index (χ1v) is 13.4. The molecule has 2 heterocycles. The Kier molecular flexibility index (Phi) is 5.42. The number of rotatable bonds is 3. The Labute approximate surface area is 231 Å². The molecule has 1 fully saturated rings. The molecule has 0 spiro atoms. The van der Waals surface area contributed by atoms with E-state index in [9.17, 15) is 14.4 Å². The van der Waals surface area contributed by atoms with Crippen molar-refractivity contribution in [2.75, 3.05) is 12.0 Å². The fourth-order valence-corrected chi connectivity index (χ4v) is 6.73. The number of methoxy groups -OCH3 is 1. The quantitative estimate of drug-likeness (QED) is 0.185. The van der Waals surface area contributed by atoms with Crippen LogP contribution in [0.25, 0.3) is 16.3 Å². The van der Waals surface area contributed by atoms with Gasteiger partial charge >= 0.3 is 5.97 Å². The highest BCUT2D eigenvalue weighted by Gasteiger charge is 2.60. The molecule has 7 rings (SSSR count). The summed E-state index contributed by atoms with van der Waals surface area (Å²) in [5.74, 6) is -2.88. The van der Waals surface area contributed by atoms with E-state index in [0.29, 0.717) is 17.2 Å². The van der Waals surface area contributed by atoms with Crippen molar-refractivity contribution < 1.29 is 23.9 Å². The minimum absolute atomic E-state index is 0.296. The fraction of sp³-hybridized carbons (Fsp3) is 0.206. The molecule has 2 aliphatic heterocycles. The van der Waals surface area contributed by atoms with E-state index in [2.05, 4.69) is 0 Å². The van der Waals surface area contributed by atoms with E-state index < -0.39 is 29.6 Å². The van der Waals surface area contributed by atoms with Crippen LogP contribution in [-0.2, 0) is 14.4 Å². The third kappa shape index (κ3) is 3.45. The molecule has 0 N–H and O–H groups in total. The minimum atomic E-state index is -0.882. The second-order valence-electron chi connectivity index (χ2n) is 10.8. The number of benzene rings is 4. The Hall–Kier alpha value is -4.71. The van der Waals surface area contributed by atoms with Gasteiger partial charge in [-0.3, -0.25) is 14.4 Å². The minimum Gasteiger partial charge on any atom is -0.497 e. The molecule has 0 aromatic heterocycles. The number of ether oxygens (including phenoxy) is 2. The summed E-state index contributed by atoms with van der Waals surface area (Å²) in [6.07, 6.45) is 2.01. The lowest BCUT2D eigenvalue weighted by atomic mass is 9.64. The number of carbonyl (C=O) groups excluding carboxylic acids is 3. The molecule has 4 aromatic rings. The van der Waals surface area contributed by atoms with Gasteiger partial charge in [-0.25, -0.2) is 4.90 Å². The summed E-state index contributed by atoms with van der Waals surface area (Å²) in [7, 11) is 1.61. The smallest absolute Gasteiger partial charge is 0.319 e. The fourth-order valence-electron chi connectivity index (χ4n) is 6.73. The Balaban J connectivity index is 1.44. The van der Waals surface area contributed by atoms with Gasteiger partial charge in [0.2, 0.25) is 11.8 Å². The van der Waals surface area contributed by atoms with Crippen molar-refractivity contribution in [2.24, 2.45) is 17.8 Å². The second kappa shape index (κ2) is 8.91. The number of hydrogen-bond donors (Lipinski definition) is 0. The van der Waals surface area contributed by atoms with Crippen LogP contribution in [0.3, 0.4) is 0 Å². The van der Waals surface area contributed by atoms with Crippen molar-refractivity contribution in [1.29, 1.82) is 0 Å². The van der Waals surface area contributed by atoms with Crippen LogP contribution >= 0.6 is 0 Å². The highest BCUT2D eigenvalue weighted by Crippen LogP contribution is 2.55. The van der Waals surface area contributed by atoms with Crippen LogP contribution in [0.1, 0.15) is 28.2 Å². The van der Waals surface area contributed by atoms with Crippen LogP contribution in [-0.4, -0.2) is 24.9 Å². The number of anilines is 1. The van der Waals surface area contributed by atoms with Crippen LogP contribution in [0.15, 0.2) is 84.9 Å². The summed E-state index contributed by atoms with van der Waals surface area (Å²) in [4.78, 5) is 43.5. The van der Waals surface area contributed by atoms with Crippen LogP contribution in [0.5, 0.6) is 11.5 Å². The number of hydrogen-bond acceptors (Lipinski definition) is 5. The molecule has 6 heteroatoms. The topological polar surface area (TPSA) is 72.9 Å². The van der Waals surface area contributed by atoms with Crippen molar-refractivity contribution >= 4 is 39.8 Å². The van der Waals surface area contributed by atoms with Gasteiger partial charge in [0.05, 0.1) is 30.6 Å². The Bertz CT molecular complexity index is 1770. The van der Waals surface area contributed by atoms with Crippen LogP contribution < -0.4 is 14.4 Å². The van der Waals surface area contributed by atoms with Crippen molar-refractivity contribution in [2.45, 2.75) is 19.8 Å². The number of fused-ring (bicyclic) bond motifs is 7. The molecular weight excluding hydrogens is 502 g/mol. The van der Waals surface area contributed by atoms with Crippen LogP contribution in [0, 0.1) is 31.6 Å². The van der Waals surface area contributed by atoms with Gasteiger partial charge in [0.25, 0.3) is 0 Å². The number of esters is 1. The molecule has 0 unspecified atom stereocenters. The third-order valence-electron chi connectivity index (χ3n) is 8.58. The van der Waals surface area contributed by atoms with Gasteiger partial charge in [0.1, 0.15) is 11.5 Å².